The molecule has 54 heavy (non-hydrogen) atoms. The van der Waals surface area contributed by atoms with Crippen LogP contribution in [0.3, 0.4) is 0 Å². The van der Waals surface area contributed by atoms with Crippen molar-refractivity contribution in [3.05, 3.63) is 70.9 Å². The fourth-order valence-corrected chi connectivity index (χ4v) is 9.48. The van der Waals surface area contributed by atoms with Gasteiger partial charge >= 0.3 is 12.1 Å². The lowest BCUT2D eigenvalue weighted by Gasteiger charge is -2.29. The fourth-order valence-electron chi connectivity index (χ4n) is 7.34. The molecule has 2 aliphatic heterocycles. The van der Waals surface area contributed by atoms with E-state index in [-0.39, 0.29) is 48.1 Å². The molecular formula is C41H49N5O6S2. The molecule has 4 atom stereocenters. The topological polar surface area (TPSA) is 131 Å². The van der Waals surface area contributed by atoms with Crippen LogP contribution in [0.15, 0.2) is 60.9 Å². The van der Waals surface area contributed by atoms with Crippen LogP contribution in [0, 0.1) is 17.8 Å². The first-order valence-corrected chi connectivity index (χ1v) is 20.3. The molecule has 6 rings (SSSR count). The van der Waals surface area contributed by atoms with Crippen molar-refractivity contribution in [3.63, 3.8) is 0 Å². The molecule has 3 amide bonds. The van der Waals surface area contributed by atoms with Crippen LogP contribution in [0.1, 0.15) is 81.9 Å². The van der Waals surface area contributed by atoms with E-state index in [9.17, 15) is 19.2 Å². The minimum absolute atomic E-state index is 0.000569. The van der Waals surface area contributed by atoms with E-state index in [1.807, 2.05) is 49.9 Å². The van der Waals surface area contributed by atoms with Gasteiger partial charge in [-0.1, -0.05) is 76.2 Å². The highest BCUT2D eigenvalue weighted by Crippen LogP contribution is 2.41. The Morgan fingerprint density at radius 2 is 1.17 bits per heavy atom. The Kier molecular flexibility index (Phi) is 12.5. The lowest BCUT2D eigenvalue weighted by molar-refractivity contribution is -0.148. The van der Waals surface area contributed by atoms with Crippen molar-refractivity contribution in [2.24, 2.45) is 17.8 Å². The van der Waals surface area contributed by atoms with Crippen molar-refractivity contribution in [1.82, 2.24) is 25.1 Å². The summed E-state index contributed by atoms with van der Waals surface area (Å²) < 4.78 is 9.63. The number of esters is 1. The molecule has 0 spiro atoms. The zero-order valence-corrected chi connectivity index (χ0v) is 33.4. The molecule has 2 aromatic carbocycles. The van der Waals surface area contributed by atoms with Crippen LogP contribution < -0.4 is 5.32 Å². The monoisotopic (exact) mass is 771 g/mol. The lowest BCUT2D eigenvalue weighted by atomic mass is 9.91. The average molecular weight is 772 g/mol. The summed E-state index contributed by atoms with van der Waals surface area (Å²) in [6.07, 6.45) is 6.72. The van der Waals surface area contributed by atoms with E-state index in [4.69, 9.17) is 19.4 Å². The Hall–Kier alpha value is -4.62. The number of thiazole rings is 2. The Balaban J connectivity index is 1.11. The molecule has 4 heterocycles. The van der Waals surface area contributed by atoms with Crippen LogP contribution in [0.4, 0.5) is 4.79 Å². The van der Waals surface area contributed by atoms with E-state index in [0.29, 0.717) is 13.1 Å². The summed E-state index contributed by atoms with van der Waals surface area (Å²) in [5.74, 6) is -0.953. The molecule has 2 aliphatic rings. The Morgan fingerprint density at radius 3 is 1.59 bits per heavy atom. The van der Waals surface area contributed by atoms with Gasteiger partial charge in [-0.25, -0.2) is 14.8 Å². The number of nitrogens with one attached hydrogen (secondary N) is 1. The number of hydrogen-bond acceptors (Lipinski definition) is 10. The molecular weight excluding hydrogens is 723 g/mol. The number of rotatable bonds is 12. The number of aromatic nitrogens is 2. The number of amides is 3. The van der Waals surface area contributed by atoms with E-state index in [2.05, 4.69) is 53.8 Å². The molecule has 2 saturated heterocycles. The van der Waals surface area contributed by atoms with Gasteiger partial charge in [0.05, 0.1) is 48.4 Å². The van der Waals surface area contributed by atoms with Gasteiger partial charge in [0.15, 0.2) is 0 Å². The fraction of sp³-hybridized carbons (Fsp3) is 0.463. The third kappa shape index (κ3) is 8.52. The molecule has 2 aromatic heterocycles. The van der Waals surface area contributed by atoms with E-state index in [0.717, 1.165) is 67.7 Å². The molecule has 0 saturated carbocycles. The van der Waals surface area contributed by atoms with Crippen LogP contribution in [0.2, 0.25) is 0 Å². The zero-order valence-electron chi connectivity index (χ0n) is 31.7. The summed E-state index contributed by atoms with van der Waals surface area (Å²) in [6.45, 7) is 9.06. The number of alkyl carbamates (subject to hydrolysis) is 1. The van der Waals surface area contributed by atoms with Crippen molar-refractivity contribution in [1.29, 1.82) is 0 Å². The largest absolute Gasteiger partial charge is 0.469 e. The quantitative estimate of drug-likeness (QED) is 0.143. The number of methoxy groups -OCH3 is 2. The number of nitrogens with zero attached hydrogens (tertiary/aromatic N) is 4. The summed E-state index contributed by atoms with van der Waals surface area (Å²) in [5, 5.41) is 4.53. The van der Waals surface area contributed by atoms with Gasteiger partial charge in [-0.3, -0.25) is 14.4 Å². The van der Waals surface area contributed by atoms with Gasteiger partial charge in [0, 0.05) is 25.5 Å². The van der Waals surface area contributed by atoms with E-state index < -0.39 is 18.1 Å². The molecule has 0 bridgehead atoms. The van der Waals surface area contributed by atoms with Crippen molar-refractivity contribution in [2.75, 3.05) is 27.3 Å². The van der Waals surface area contributed by atoms with Crippen LogP contribution in [0.5, 0.6) is 0 Å². The molecule has 0 aliphatic carbocycles. The lowest BCUT2D eigenvalue weighted by Crippen LogP contribution is -2.51. The highest BCUT2D eigenvalue weighted by atomic mass is 32.1. The predicted octanol–water partition coefficient (Wildman–Crippen LogP) is 8.14. The van der Waals surface area contributed by atoms with Gasteiger partial charge in [-0.15, -0.1) is 22.7 Å². The highest BCUT2D eigenvalue weighted by Gasteiger charge is 2.39. The standard InChI is InChI=1S/C41H49N5O6S2/c1-24(2)30(21-35(47)51-5)39(48)45-19-7-9-31(45)37-42-22-33(53-37)28-15-11-26(12-16-28)27-13-17-29(18-14-27)34-23-43-38(54-34)32-10-8-20-46(32)40(49)36(25(3)4)44-41(50)52-6/h11-18,22-25,30-32,36H,7-10,19-21H2,1-6H3,(H,44,50)/t30-,31+,32+,36-/m1/s1. The molecule has 2 fully saturated rings. The number of carbonyl (C=O) groups is 4. The molecule has 286 valence electrons. The van der Waals surface area contributed by atoms with Gasteiger partial charge < -0.3 is 24.6 Å². The van der Waals surface area contributed by atoms with E-state index >= 15 is 0 Å². The van der Waals surface area contributed by atoms with Crippen LogP contribution in [0.25, 0.3) is 32.0 Å². The number of carbonyl (C=O) groups excluding carboxylic acids is 4. The normalized spacial score (nSPS) is 18.2. The Bertz CT molecular complexity index is 1800. The third-order valence-corrected chi connectivity index (χ3v) is 12.8. The second kappa shape index (κ2) is 17.2. The SMILES string of the molecule is COC(=O)C[C@@H](C(=O)N1CCC[C@H]1c1ncc(-c2ccc(-c3ccc(-c4cnc([C@@H]5CCCN5C(=O)[C@H](NC(=O)OC)C(C)C)s4)cc3)cc2)s1)C(C)C. The predicted molar refractivity (Wildman–Crippen MR) is 211 cm³/mol. The molecule has 0 unspecified atom stereocenters. The molecule has 11 nitrogen and oxygen atoms in total. The highest BCUT2D eigenvalue weighted by molar-refractivity contribution is 7.15. The Morgan fingerprint density at radius 1 is 0.704 bits per heavy atom. The molecule has 0 radical (unpaired) electrons. The first-order chi connectivity index (χ1) is 26.0. The van der Waals surface area contributed by atoms with Gasteiger partial charge in [0.1, 0.15) is 16.1 Å². The first kappa shape index (κ1) is 39.1. The maximum absolute atomic E-state index is 13.6. The van der Waals surface area contributed by atoms with E-state index in [1.165, 1.54) is 14.2 Å². The van der Waals surface area contributed by atoms with Gasteiger partial charge in [-0.2, -0.15) is 0 Å². The summed E-state index contributed by atoms with van der Waals surface area (Å²) in [4.78, 5) is 66.5. The molecule has 13 heteroatoms. The average Bonchev–Trinajstić information content (AvgIpc) is 4.02. The van der Waals surface area contributed by atoms with E-state index in [1.54, 1.807) is 22.7 Å². The summed E-state index contributed by atoms with van der Waals surface area (Å²) in [5.41, 5.74) is 4.32. The minimum Gasteiger partial charge on any atom is -0.469 e. The zero-order chi connectivity index (χ0) is 38.5. The summed E-state index contributed by atoms with van der Waals surface area (Å²) in [7, 11) is 2.66. The van der Waals surface area contributed by atoms with Crippen LogP contribution >= 0.6 is 22.7 Å². The minimum atomic E-state index is -0.664. The Labute approximate surface area is 325 Å². The van der Waals surface area contributed by atoms with Gasteiger partial charge in [-0.05, 0) is 59.8 Å². The summed E-state index contributed by atoms with van der Waals surface area (Å²) >= 11 is 3.22. The maximum atomic E-state index is 13.6. The van der Waals surface area contributed by atoms with Crippen LogP contribution in [-0.4, -0.2) is 77.0 Å². The number of ether oxygens (including phenoxy) is 2. The summed E-state index contributed by atoms with van der Waals surface area (Å²) in [6, 6.07) is 16.0. The first-order valence-electron chi connectivity index (χ1n) is 18.6. The molecule has 1 N–H and O–H groups in total. The maximum Gasteiger partial charge on any atom is 0.407 e. The smallest absolute Gasteiger partial charge is 0.407 e. The van der Waals surface area contributed by atoms with Crippen LogP contribution in [-0.2, 0) is 23.9 Å². The third-order valence-electron chi connectivity index (χ3n) is 10.5. The van der Waals surface area contributed by atoms with Crippen molar-refractivity contribution >= 4 is 46.6 Å². The van der Waals surface area contributed by atoms with Crippen molar-refractivity contribution in [3.8, 4) is 32.0 Å². The van der Waals surface area contributed by atoms with Gasteiger partial charge in [0.2, 0.25) is 11.8 Å². The number of likely N-dealkylation sites (tertiary alicyclic amines) is 2. The number of benzene rings is 2. The second-order valence-electron chi connectivity index (χ2n) is 14.6. The second-order valence-corrected chi connectivity index (χ2v) is 16.8. The van der Waals surface area contributed by atoms with Gasteiger partial charge in [0.25, 0.3) is 0 Å². The van der Waals surface area contributed by atoms with Crippen molar-refractivity contribution < 1.29 is 28.7 Å². The number of hydrogen-bond donors (Lipinski definition) is 1. The molecule has 4 aromatic rings. The van der Waals surface area contributed by atoms with Crippen molar-refractivity contribution in [2.45, 2.75) is 77.9 Å².